The van der Waals surface area contributed by atoms with Gasteiger partial charge >= 0.3 is 5.97 Å². The van der Waals surface area contributed by atoms with E-state index in [9.17, 15) is 9.90 Å². The third-order valence-corrected chi connectivity index (χ3v) is 4.11. The summed E-state index contributed by atoms with van der Waals surface area (Å²) >= 11 is 0. The molecule has 0 aliphatic rings. The molecule has 136 valence electrons. The second-order valence-electron chi connectivity index (χ2n) is 6.29. The molecule has 0 radical (unpaired) electrons. The van der Waals surface area contributed by atoms with E-state index in [0.717, 1.165) is 25.8 Å². The van der Waals surface area contributed by atoms with Crippen LogP contribution in [0.2, 0.25) is 0 Å². The number of ether oxygens (including phenoxy) is 1. The number of aromatic hydroxyl groups is 1. The fraction of sp³-hybridized carbons (Fsp3) is 0.650. The Morgan fingerprint density at radius 1 is 0.917 bits per heavy atom. The molecule has 1 N–H and O–H groups in total. The van der Waals surface area contributed by atoms with E-state index in [1.807, 2.05) is 0 Å². The van der Waals surface area contributed by atoms with Gasteiger partial charge in [0, 0.05) is 0 Å². The Kier molecular flexibility index (Phi) is 10.9. The van der Waals surface area contributed by atoms with Crippen LogP contribution in [0.15, 0.2) is 24.3 Å². The molecule has 24 heavy (non-hydrogen) atoms. The summed E-state index contributed by atoms with van der Waals surface area (Å²) in [5, 5.41) is 9.21. The Hall–Kier alpha value is -1.55. The van der Waals surface area contributed by atoms with Gasteiger partial charge in [-0.1, -0.05) is 26.7 Å². The lowest BCUT2D eigenvalue weighted by Gasteiger charge is -2.21. The fourth-order valence-corrected chi connectivity index (χ4v) is 2.56. The molecule has 0 spiro atoms. The summed E-state index contributed by atoms with van der Waals surface area (Å²) in [6.45, 7) is 8.48. The molecule has 0 heterocycles. The van der Waals surface area contributed by atoms with Gasteiger partial charge in [-0.15, -0.1) is 0 Å². The highest BCUT2D eigenvalue weighted by Crippen LogP contribution is 2.11. The van der Waals surface area contributed by atoms with Crippen LogP contribution < -0.4 is 0 Å². The Bertz CT molecular complexity index is 437. The molecule has 4 heteroatoms. The first-order valence-electron chi connectivity index (χ1n) is 9.35. The number of rotatable bonds is 13. The highest BCUT2D eigenvalue weighted by Gasteiger charge is 2.07. The van der Waals surface area contributed by atoms with E-state index in [4.69, 9.17) is 4.74 Å². The van der Waals surface area contributed by atoms with Crippen LogP contribution in [0.1, 0.15) is 69.2 Å². The van der Waals surface area contributed by atoms with Gasteiger partial charge in [0.05, 0.1) is 12.2 Å². The molecule has 4 nitrogen and oxygen atoms in total. The molecule has 1 aromatic rings. The van der Waals surface area contributed by atoms with Crippen LogP contribution in [0, 0.1) is 0 Å². The van der Waals surface area contributed by atoms with Crippen molar-refractivity contribution in [2.75, 3.05) is 26.2 Å². The predicted molar refractivity (Wildman–Crippen MR) is 98.5 cm³/mol. The maximum absolute atomic E-state index is 11.8. The van der Waals surface area contributed by atoms with E-state index in [1.165, 1.54) is 50.9 Å². The van der Waals surface area contributed by atoms with Crippen LogP contribution in [0.25, 0.3) is 0 Å². The van der Waals surface area contributed by atoms with Crippen LogP contribution in [-0.4, -0.2) is 42.2 Å². The lowest BCUT2D eigenvalue weighted by molar-refractivity contribution is 0.0497. The SMILES string of the molecule is CCCCN(CCCC)CCCCCOC(=O)c1ccc(O)cc1. The zero-order valence-electron chi connectivity index (χ0n) is 15.3. The van der Waals surface area contributed by atoms with Crippen molar-refractivity contribution >= 4 is 5.97 Å². The number of unbranched alkanes of at least 4 members (excludes halogenated alkanes) is 4. The lowest BCUT2D eigenvalue weighted by Crippen LogP contribution is -2.27. The van der Waals surface area contributed by atoms with Gasteiger partial charge in [-0.3, -0.25) is 0 Å². The summed E-state index contributed by atoms with van der Waals surface area (Å²) < 4.78 is 5.27. The zero-order chi connectivity index (χ0) is 17.6. The number of hydrogen-bond acceptors (Lipinski definition) is 4. The minimum atomic E-state index is -0.317. The molecule has 1 rings (SSSR count). The molecule has 0 bridgehead atoms. The van der Waals surface area contributed by atoms with E-state index in [2.05, 4.69) is 18.7 Å². The molecule has 0 atom stereocenters. The standard InChI is InChI=1S/C20H33NO3/c1-3-5-14-21(15-6-4-2)16-8-7-9-17-24-20(23)18-10-12-19(22)13-11-18/h10-13,22H,3-9,14-17H2,1-2H3. The summed E-state index contributed by atoms with van der Waals surface area (Å²) in [7, 11) is 0. The molecule has 0 amide bonds. The van der Waals surface area contributed by atoms with Gasteiger partial charge in [-0.25, -0.2) is 4.79 Å². The van der Waals surface area contributed by atoms with Gasteiger partial charge < -0.3 is 14.7 Å². The Morgan fingerprint density at radius 3 is 2.08 bits per heavy atom. The monoisotopic (exact) mass is 335 g/mol. The predicted octanol–water partition coefficient (Wildman–Crippen LogP) is 4.62. The number of nitrogens with zero attached hydrogens (tertiary/aromatic N) is 1. The highest BCUT2D eigenvalue weighted by molar-refractivity contribution is 5.89. The average Bonchev–Trinajstić information content (AvgIpc) is 2.59. The summed E-state index contributed by atoms with van der Waals surface area (Å²) in [5.41, 5.74) is 0.484. The third-order valence-electron chi connectivity index (χ3n) is 4.11. The van der Waals surface area contributed by atoms with E-state index >= 15 is 0 Å². The van der Waals surface area contributed by atoms with Crippen molar-refractivity contribution in [3.63, 3.8) is 0 Å². The Balaban J connectivity index is 2.13. The van der Waals surface area contributed by atoms with E-state index < -0.39 is 0 Å². The van der Waals surface area contributed by atoms with Gasteiger partial charge in [0.15, 0.2) is 0 Å². The first-order valence-corrected chi connectivity index (χ1v) is 9.35. The summed E-state index contributed by atoms with van der Waals surface area (Å²) in [5.74, 6) is -0.162. The number of carbonyl (C=O) groups is 1. The normalized spacial score (nSPS) is 11.0. The van der Waals surface area contributed by atoms with Crippen molar-refractivity contribution in [2.45, 2.75) is 58.8 Å². The maximum atomic E-state index is 11.8. The largest absolute Gasteiger partial charge is 0.508 e. The number of esters is 1. The molecule has 0 aliphatic carbocycles. The van der Waals surface area contributed by atoms with Gasteiger partial charge in [-0.05, 0) is 76.0 Å². The molecular formula is C20H33NO3. The van der Waals surface area contributed by atoms with Gasteiger partial charge in [0.2, 0.25) is 0 Å². The first-order chi connectivity index (χ1) is 11.7. The fourth-order valence-electron chi connectivity index (χ4n) is 2.56. The summed E-state index contributed by atoms with van der Waals surface area (Å²) in [6.07, 6.45) is 8.18. The number of phenolic OH excluding ortho intramolecular Hbond substituents is 1. The minimum absolute atomic E-state index is 0.155. The zero-order valence-corrected chi connectivity index (χ0v) is 15.3. The van der Waals surface area contributed by atoms with Crippen molar-refractivity contribution in [2.24, 2.45) is 0 Å². The topological polar surface area (TPSA) is 49.8 Å². The summed E-state index contributed by atoms with van der Waals surface area (Å²) in [6, 6.07) is 6.16. The molecular weight excluding hydrogens is 302 g/mol. The number of phenols is 1. The maximum Gasteiger partial charge on any atom is 0.338 e. The smallest absolute Gasteiger partial charge is 0.338 e. The van der Waals surface area contributed by atoms with Crippen molar-refractivity contribution in [3.05, 3.63) is 29.8 Å². The van der Waals surface area contributed by atoms with Crippen molar-refractivity contribution < 1.29 is 14.6 Å². The Labute approximate surface area is 146 Å². The number of carbonyl (C=O) groups excluding carboxylic acids is 1. The van der Waals surface area contributed by atoms with Crippen molar-refractivity contribution in [1.82, 2.24) is 4.90 Å². The van der Waals surface area contributed by atoms with Crippen molar-refractivity contribution in [3.8, 4) is 5.75 Å². The highest BCUT2D eigenvalue weighted by atomic mass is 16.5. The molecule has 0 unspecified atom stereocenters. The quantitative estimate of drug-likeness (QED) is 0.422. The molecule has 0 fully saturated rings. The second-order valence-corrected chi connectivity index (χ2v) is 6.29. The van der Waals surface area contributed by atoms with Gasteiger partial charge in [-0.2, -0.15) is 0 Å². The van der Waals surface area contributed by atoms with Crippen molar-refractivity contribution in [1.29, 1.82) is 0 Å². The average molecular weight is 335 g/mol. The van der Waals surface area contributed by atoms with Crippen LogP contribution in [0.4, 0.5) is 0 Å². The Morgan fingerprint density at radius 2 is 1.50 bits per heavy atom. The van der Waals surface area contributed by atoms with E-state index in [1.54, 1.807) is 12.1 Å². The van der Waals surface area contributed by atoms with Crippen LogP contribution in [-0.2, 0) is 4.74 Å². The molecule has 0 aromatic heterocycles. The van der Waals surface area contributed by atoms with E-state index in [0.29, 0.717) is 12.2 Å². The van der Waals surface area contributed by atoms with Gasteiger partial charge in [0.25, 0.3) is 0 Å². The third kappa shape index (κ3) is 8.92. The molecule has 1 aromatic carbocycles. The van der Waals surface area contributed by atoms with Gasteiger partial charge in [0.1, 0.15) is 5.75 Å². The molecule has 0 saturated carbocycles. The number of benzene rings is 1. The molecule has 0 aliphatic heterocycles. The first kappa shape index (κ1) is 20.5. The molecule has 0 saturated heterocycles. The van der Waals surface area contributed by atoms with E-state index in [-0.39, 0.29) is 11.7 Å². The van der Waals surface area contributed by atoms with Crippen LogP contribution in [0.3, 0.4) is 0 Å². The van der Waals surface area contributed by atoms with Crippen LogP contribution >= 0.6 is 0 Å². The summed E-state index contributed by atoms with van der Waals surface area (Å²) in [4.78, 5) is 14.4. The number of hydrogen-bond donors (Lipinski definition) is 1. The second kappa shape index (κ2) is 12.8. The minimum Gasteiger partial charge on any atom is -0.508 e. The lowest BCUT2D eigenvalue weighted by atomic mass is 10.2. The van der Waals surface area contributed by atoms with Crippen LogP contribution in [0.5, 0.6) is 5.75 Å².